The molecule has 0 atom stereocenters. The number of allylic oxidation sites excluding steroid dienone is 3. The average Bonchev–Trinajstić information content (AvgIpc) is 2.16. The Labute approximate surface area is 86.9 Å². The van der Waals surface area contributed by atoms with Crippen LogP contribution in [-0.2, 0) is 4.74 Å². The van der Waals surface area contributed by atoms with E-state index in [1.165, 1.54) is 0 Å². The molecule has 1 aliphatic rings. The van der Waals surface area contributed by atoms with E-state index in [9.17, 15) is 4.91 Å². The molecule has 0 unspecified atom stereocenters. The van der Waals surface area contributed by atoms with E-state index in [1.807, 2.05) is 6.92 Å². The van der Waals surface area contributed by atoms with Crippen LogP contribution in [0.1, 0.15) is 6.92 Å². The molecular formula is C9H10INO2. The second kappa shape index (κ2) is 4.45. The fourth-order valence-electron chi connectivity index (χ4n) is 0.889. The van der Waals surface area contributed by atoms with Crippen LogP contribution in [0.3, 0.4) is 0 Å². The third-order valence-corrected chi connectivity index (χ3v) is 4.56. The van der Waals surface area contributed by atoms with Crippen LogP contribution in [-0.4, -0.2) is 10.6 Å². The Morgan fingerprint density at radius 3 is 2.77 bits per heavy atom. The number of hydrogen-bond donors (Lipinski definition) is 0. The lowest BCUT2D eigenvalue weighted by Gasteiger charge is -2.11. The van der Waals surface area contributed by atoms with Gasteiger partial charge in [-0.05, 0) is 50.6 Å². The van der Waals surface area contributed by atoms with E-state index < -0.39 is 20.7 Å². The molecule has 1 rings (SSSR count). The summed E-state index contributed by atoms with van der Waals surface area (Å²) >= 11 is -0.498. The van der Waals surface area contributed by atoms with Gasteiger partial charge in [-0.1, -0.05) is 6.58 Å². The maximum absolute atomic E-state index is 10.3. The summed E-state index contributed by atoms with van der Waals surface area (Å²) in [7, 11) is 1.62. The average molecular weight is 291 g/mol. The molecule has 0 aromatic rings. The van der Waals surface area contributed by atoms with E-state index in [2.05, 4.69) is 11.8 Å². The summed E-state index contributed by atoms with van der Waals surface area (Å²) in [6.45, 7) is 5.76. The van der Waals surface area contributed by atoms with Crippen LogP contribution in [0.4, 0.5) is 0 Å². The number of hydrogen-bond acceptors (Lipinski definition) is 3. The summed E-state index contributed by atoms with van der Waals surface area (Å²) in [4.78, 5) is 10.3. The number of ether oxygens (including phenoxy) is 1. The van der Waals surface area contributed by atoms with Gasteiger partial charge < -0.3 is 4.74 Å². The number of nitrogens with zero attached hydrogens (tertiary/aromatic N) is 1. The summed E-state index contributed by atoms with van der Waals surface area (Å²) < 4.78 is 6.84. The van der Waals surface area contributed by atoms with Crippen molar-refractivity contribution in [3.05, 3.63) is 38.7 Å². The second-order valence-corrected chi connectivity index (χ2v) is 5.23. The highest BCUT2D eigenvalue weighted by Crippen LogP contribution is 2.28. The van der Waals surface area contributed by atoms with Crippen molar-refractivity contribution in [1.82, 2.24) is 0 Å². The molecule has 0 bridgehead atoms. The van der Waals surface area contributed by atoms with Gasteiger partial charge in [0.05, 0.1) is 10.6 Å². The minimum absolute atomic E-state index is 0.498. The van der Waals surface area contributed by atoms with Crippen LogP contribution >= 0.6 is 20.7 Å². The Hall–Kier alpha value is -0.780. The van der Waals surface area contributed by atoms with E-state index in [-0.39, 0.29) is 0 Å². The highest BCUT2D eigenvalue weighted by molar-refractivity contribution is 14.2. The number of methoxy groups -OCH3 is 1. The maximum atomic E-state index is 10.3. The number of nitroso groups, excluding NO2 is 1. The van der Waals surface area contributed by atoms with Gasteiger partial charge in [-0.25, -0.2) is 0 Å². The molecule has 0 aromatic carbocycles. The first kappa shape index (κ1) is 10.3. The predicted octanol–water partition coefficient (Wildman–Crippen LogP) is 2.86. The zero-order chi connectivity index (χ0) is 9.84. The Balaban J connectivity index is 3.10. The van der Waals surface area contributed by atoms with E-state index >= 15 is 0 Å². The van der Waals surface area contributed by atoms with Crippen molar-refractivity contribution in [2.24, 2.45) is 5.18 Å². The van der Waals surface area contributed by atoms with E-state index in [4.69, 9.17) is 4.74 Å². The minimum atomic E-state index is -0.498. The molecule has 1 heterocycles. The van der Waals surface area contributed by atoms with Gasteiger partial charge in [-0.3, -0.25) is 0 Å². The fraction of sp³-hybridized carbons (Fsp3) is 0.222. The lowest BCUT2D eigenvalue weighted by molar-refractivity contribution is 0.316. The zero-order valence-electron chi connectivity index (χ0n) is 7.50. The molecule has 1 aliphatic heterocycles. The number of rotatable bonds is 3. The molecule has 0 spiro atoms. The van der Waals surface area contributed by atoms with Gasteiger partial charge in [0, 0.05) is 0 Å². The predicted molar refractivity (Wildman–Crippen MR) is 62.8 cm³/mol. The summed E-state index contributed by atoms with van der Waals surface area (Å²) in [6, 6.07) is 0. The molecule has 0 N–H and O–H groups in total. The zero-order valence-corrected chi connectivity index (χ0v) is 9.66. The highest BCUT2D eigenvalue weighted by Gasteiger charge is 2.11. The van der Waals surface area contributed by atoms with Crippen LogP contribution in [0.15, 0.2) is 38.9 Å². The van der Waals surface area contributed by atoms with Gasteiger partial charge >= 0.3 is 0 Å². The monoisotopic (exact) mass is 291 g/mol. The molecule has 70 valence electrons. The Bertz CT molecular complexity index is 340. The van der Waals surface area contributed by atoms with Gasteiger partial charge in [-0.15, -0.1) is 4.91 Å². The van der Waals surface area contributed by atoms with Crippen LogP contribution < -0.4 is 0 Å². The van der Waals surface area contributed by atoms with E-state index in [0.717, 1.165) is 14.8 Å². The molecule has 3 nitrogen and oxygen atoms in total. The lowest BCUT2D eigenvalue weighted by Crippen LogP contribution is -2.04. The van der Waals surface area contributed by atoms with Crippen molar-refractivity contribution < 1.29 is 4.74 Å². The highest BCUT2D eigenvalue weighted by atomic mass is 127. The van der Waals surface area contributed by atoms with Crippen molar-refractivity contribution in [2.45, 2.75) is 6.92 Å². The molecule has 0 saturated heterocycles. The lowest BCUT2D eigenvalue weighted by atomic mass is 10.2. The van der Waals surface area contributed by atoms with E-state index in [1.54, 1.807) is 19.3 Å². The Morgan fingerprint density at radius 2 is 2.31 bits per heavy atom. The van der Waals surface area contributed by atoms with Crippen molar-refractivity contribution in [3.63, 3.8) is 0 Å². The molecule has 0 radical (unpaired) electrons. The number of halogens is 1. The second-order valence-electron chi connectivity index (χ2n) is 2.50. The molecule has 4 heteroatoms. The van der Waals surface area contributed by atoms with E-state index in [0.29, 0.717) is 3.70 Å². The van der Waals surface area contributed by atoms with Gasteiger partial charge in [0.25, 0.3) is 0 Å². The first-order chi connectivity index (χ1) is 6.19. The van der Waals surface area contributed by atoms with Gasteiger partial charge in [0.2, 0.25) is 0 Å². The van der Waals surface area contributed by atoms with Crippen LogP contribution in [0.2, 0.25) is 0 Å². The van der Waals surface area contributed by atoms with Crippen LogP contribution in [0, 0.1) is 4.91 Å². The third-order valence-electron chi connectivity index (χ3n) is 1.46. The SMILES string of the molecule is C=C(C)C1=IC(N=O)=CC=C1OC. The van der Waals surface area contributed by atoms with Crippen molar-refractivity contribution in [1.29, 1.82) is 0 Å². The topological polar surface area (TPSA) is 38.7 Å². The fourth-order valence-corrected chi connectivity index (χ4v) is 3.03. The first-order valence-electron chi connectivity index (χ1n) is 3.66. The van der Waals surface area contributed by atoms with Gasteiger partial charge in [0.15, 0.2) is 0 Å². The van der Waals surface area contributed by atoms with Crippen molar-refractivity contribution in [3.8, 4) is 0 Å². The van der Waals surface area contributed by atoms with Gasteiger partial charge in [-0.2, -0.15) is 0 Å². The molecule has 0 aliphatic carbocycles. The summed E-state index contributed by atoms with van der Waals surface area (Å²) in [5, 5.41) is 2.95. The Morgan fingerprint density at radius 1 is 1.62 bits per heavy atom. The smallest absolute Gasteiger partial charge is 0.141 e. The Kier molecular flexibility index (Phi) is 3.53. The van der Waals surface area contributed by atoms with Crippen molar-refractivity contribution in [2.75, 3.05) is 7.11 Å². The third kappa shape index (κ3) is 2.33. The summed E-state index contributed by atoms with van der Waals surface area (Å²) in [5.41, 5.74) is 0.954. The molecule has 13 heavy (non-hydrogen) atoms. The molecular weight excluding hydrogens is 281 g/mol. The summed E-state index contributed by atoms with van der Waals surface area (Å²) in [5.74, 6) is 0.813. The van der Waals surface area contributed by atoms with Gasteiger partial charge in [0.1, 0.15) is 9.46 Å². The normalized spacial score (nSPS) is 16.0. The first-order valence-corrected chi connectivity index (χ1v) is 5.82. The molecule has 0 fully saturated rings. The molecule has 0 aromatic heterocycles. The minimum Gasteiger partial charge on any atom is -0.496 e. The molecule has 0 saturated carbocycles. The van der Waals surface area contributed by atoms with Crippen LogP contribution in [0.5, 0.6) is 0 Å². The van der Waals surface area contributed by atoms with Crippen LogP contribution in [0.25, 0.3) is 0 Å². The molecule has 0 amide bonds. The summed E-state index contributed by atoms with van der Waals surface area (Å²) in [6.07, 6.45) is 3.48. The standard InChI is InChI=1S/C9H10INO2/c1-6(2)9-7(13-3)4-5-8(10-9)11-12/h4-5H,1H2,2-3H3. The maximum Gasteiger partial charge on any atom is 0.141 e. The van der Waals surface area contributed by atoms with Crippen molar-refractivity contribution >= 4 is 24.2 Å². The quantitative estimate of drug-likeness (QED) is 0.455. The largest absolute Gasteiger partial charge is 0.496 e.